The van der Waals surface area contributed by atoms with Crippen molar-refractivity contribution in [2.45, 2.75) is 58.4 Å². The van der Waals surface area contributed by atoms with Crippen molar-refractivity contribution in [2.24, 2.45) is 11.8 Å². The number of rotatable bonds is 5. The molecule has 150 valence electrons. The molecule has 0 unspecified atom stereocenters. The Hall–Kier alpha value is -1.95. The molecular weight excluding hydrogens is 428 g/mol. The van der Waals surface area contributed by atoms with Crippen LogP contribution in [0.25, 0.3) is 22.4 Å². The van der Waals surface area contributed by atoms with Crippen LogP contribution in [0.15, 0.2) is 16.9 Å². The molecule has 3 aliphatic rings. The van der Waals surface area contributed by atoms with Crippen LogP contribution in [0.2, 0.25) is 0 Å². The highest BCUT2D eigenvalue weighted by molar-refractivity contribution is 9.10. The van der Waals surface area contributed by atoms with E-state index in [0.717, 1.165) is 75.3 Å². The Kier molecular flexibility index (Phi) is 4.02. The average molecular weight is 453 g/mol. The summed E-state index contributed by atoms with van der Waals surface area (Å²) in [4.78, 5) is 14.6. The zero-order valence-corrected chi connectivity index (χ0v) is 18.5. The van der Waals surface area contributed by atoms with E-state index in [9.17, 15) is 0 Å². The number of imidazole rings is 1. The molecule has 6 heteroatoms. The van der Waals surface area contributed by atoms with E-state index in [4.69, 9.17) is 19.7 Å². The van der Waals surface area contributed by atoms with Gasteiger partial charge in [-0.05, 0) is 77.6 Å². The van der Waals surface area contributed by atoms with Gasteiger partial charge in [0.2, 0.25) is 0 Å². The third kappa shape index (κ3) is 2.75. The highest BCUT2D eigenvalue weighted by Crippen LogP contribution is 2.53. The van der Waals surface area contributed by atoms with Gasteiger partial charge in [0.15, 0.2) is 5.65 Å². The monoisotopic (exact) mass is 452 g/mol. The molecule has 0 spiro atoms. The van der Waals surface area contributed by atoms with Crippen LogP contribution in [0.3, 0.4) is 0 Å². The van der Waals surface area contributed by atoms with Gasteiger partial charge < -0.3 is 9.30 Å². The van der Waals surface area contributed by atoms with Gasteiger partial charge in [0.25, 0.3) is 0 Å². The van der Waals surface area contributed by atoms with Gasteiger partial charge in [0.05, 0.1) is 11.1 Å². The van der Waals surface area contributed by atoms with Gasteiger partial charge in [-0.2, -0.15) is 0 Å². The molecule has 3 aromatic rings. The summed E-state index contributed by atoms with van der Waals surface area (Å²) in [6.45, 7) is 5.08. The smallest absolute Gasteiger partial charge is 0.164 e. The first-order valence-corrected chi connectivity index (χ1v) is 11.6. The van der Waals surface area contributed by atoms with Crippen molar-refractivity contribution in [3.8, 4) is 17.0 Å². The van der Waals surface area contributed by atoms with E-state index in [1.54, 1.807) is 6.33 Å². The van der Waals surface area contributed by atoms with Crippen molar-refractivity contribution in [1.29, 1.82) is 0 Å². The molecule has 1 aliphatic heterocycles. The molecule has 6 rings (SSSR count). The molecule has 2 aromatic heterocycles. The first kappa shape index (κ1) is 17.9. The van der Waals surface area contributed by atoms with E-state index in [1.807, 2.05) is 0 Å². The third-order valence-electron chi connectivity index (χ3n) is 6.79. The summed E-state index contributed by atoms with van der Waals surface area (Å²) < 4.78 is 9.35. The summed E-state index contributed by atoms with van der Waals surface area (Å²) in [6.07, 6.45) is 8.97. The maximum Gasteiger partial charge on any atom is 0.164 e. The fourth-order valence-corrected chi connectivity index (χ4v) is 5.61. The second kappa shape index (κ2) is 6.53. The second-order valence-electron chi connectivity index (χ2n) is 8.76. The minimum Gasteiger partial charge on any atom is -0.492 e. The molecule has 2 saturated carbocycles. The van der Waals surface area contributed by atoms with E-state index >= 15 is 0 Å². The van der Waals surface area contributed by atoms with Crippen LogP contribution in [0.4, 0.5) is 0 Å². The zero-order chi connectivity index (χ0) is 19.7. The molecule has 0 N–H and O–H groups in total. The lowest BCUT2D eigenvalue weighted by Crippen LogP contribution is -2.16. The van der Waals surface area contributed by atoms with Gasteiger partial charge in [-0.15, -0.1) is 0 Å². The van der Waals surface area contributed by atoms with E-state index in [1.165, 1.54) is 31.2 Å². The first-order chi connectivity index (χ1) is 14.2. The Morgan fingerprint density at radius 3 is 2.66 bits per heavy atom. The predicted octanol–water partition coefficient (Wildman–Crippen LogP) is 5.42. The van der Waals surface area contributed by atoms with Crippen molar-refractivity contribution in [3.63, 3.8) is 0 Å². The number of nitrogens with zero attached hydrogens (tertiary/aromatic N) is 4. The fourth-order valence-electron chi connectivity index (χ4n) is 5.02. The van der Waals surface area contributed by atoms with Gasteiger partial charge in [0.1, 0.15) is 29.1 Å². The van der Waals surface area contributed by atoms with E-state index in [0.29, 0.717) is 6.04 Å². The summed E-state index contributed by atoms with van der Waals surface area (Å²) in [5, 5.41) is 0. The maximum absolute atomic E-state index is 5.83. The lowest BCUT2D eigenvalue weighted by atomic mass is 10.00. The summed E-state index contributed by atoms with van der Waals surface area (Å²) in [7, 11) is 0. The number of benzene rings is 1. The maximum atomic E-state index is 5.83. The Bertz CT molecular complexity index is 1120. The largest absolute Gasteiger partial charge is 0.492 e. The topological polar surface area (TPSA) is 52.8 Å². The van der Waals surface area contributed by atoms with Crippen LogP contribution in [0.1, 0.15) is 55.6 Å². The first-order valence-electron chi connectivity index (χ1n) is 10.8. The van der Waals surface area contributed by atoms with Crippen LogP contribution in [0.5, 0.6) is 5.75 Å². The Balaban J connectivity index is 1.58. The fraction of sp³-hybridized carbons (Fsp3) is 0.522. The molecule has 0 amide bonds. The van der Waals surface area contributed by atoms with Gasteiger partial charge >= 0.3 is 0 Å². The van der Waals surface area contributed by atoms with Gasteiger partial charge in [-0.3, -0.25) is 0 Å². The Morgan fingerprint density at radius 2 is 1.97 bits per heavy atom. The minimum atomic E-state index is 0.568. The van der Waals surface area contributed by atoms with Gasteiger partial charge in [-0.25, -0.2) is 15.0 Å². The molecule has 2 aliphatic carbocycles. The minimum absolute atomic E-state index is 0.568. The van der Waals surface area contributed by atoms with Crippen molar-refractivity contribution < 1.29 is 4.74 Å². The Morgan fingerprint density at radius 1 is 1.21 bits per heavy atom. The van der Waals surface area contributed by atoms with Crippen molar-refractivity contribution in [3.05, 3.63) is 33.8 Å². The predicted molar refractivity (Wildman–Crippen MR) is 116 cm³/mol. The number of hydrogen-bond acceptors (Lipinski definition) is 4. The number of halogens is 1. The average Bonchev–Trinajstić information content (AvgIpc) is 3.65. The number of fused-ring (bicyclic) bond motifs is 2. The Labute approximate surface area is 179 Å². The number of hydrogen-bond donors (Lipinski definition) is 0. The highest BCUT2D eigenvalue weighted by atomic mass is 79.9. The van der Waals surface area contributed by atoms with Crippen molar-refractivity contribution in [1.82, 2.24) is 19.5 Å². The lowest BCUT2D eigenvalue weighted by Gasteiger charge is -2.20. The molecule has 1 aromatic carbocycles. The van der Waals surface area contributed by atoms with E-state index < -0.39 is 0 Å². The lowest BCUT2D eigenvalue weighted by molar-refractivity contribution is 0.354. The van der Waals surface area contributed by atoms with E-state index in [-0.39, 0.29) is 0 Å². The standard InChI is InChI=1S/C23H25BrN4O/c1-3-17-27-20-19(16-10-15-8-9-29-22(15)18(24)12(16)2)25-11-26-23(20)28(17)21(13-4-5-13)14-6-7-14/h10-11,13-14,21H,3-9H2,1-2H3. The summed E-state index contributed by atoms with van der Waals surface area (Å²) >= 11 is 3.76. The van der Waals surface area contributed by atoms with Crippen LogP contribution in [-0.2, 0) is 12.8 Å². The quantitative estimate of drug-likeness (QED) is 0.518. The summed E-state index contributed by atoms with van der Waals surface area (Å²) in [5.41, 5.74) is 6.44. The zero-order valence-electron chi connectivity index (χ0n) is 16.9. The molecule has 0 atom stereocenters. The summed E-state index contributed by atoms with van der Waals surface area (Å²) in [6, 6.07) is 2.81. The van der Waals surface area contributed by atoms with Crippen LogP contribution in [0, 0.1) is 18.8 Å². The molecule has 29 heavy (non-hydrogen) atoms. The van der Waals surface area contributed by atoms with E-state index in [2.05, 4.69) is 40.4 Å². The number of aromatic nitrogens is 4. The molecule has 0 radical (unpaired) electrons. The SMILES string of the molecule is CCc1nc2c(-c3cc4c(c(Br)c3C)OCC4)ncnc2n1C(C1CC1)C1CC1. The normalized spacial score (nSPS) is 18.5. The molecular formula is C23H25BrN4O. The number of aryl methyl sites for hydroxylation is 1. The van der Waals surface area contributed by atoms with Crippen molar-refractivity contribution >= 4 is 27.1 Å². The second-order valence-corrected chi connectivity index (χ2v) is 9.55. The van der Waals surface area contributed by atoms with Crippen LogP contribution < -0.4 is 4.74 Å². The molecule has 0 bridgehead atoms. The third-order valence-corrected chi connectivity index (χ3v) is 7.75. The van der Waals surface area contributed by atoms with Crippen LogP contribution in [-0.4, -0.2) is 26.1 Å². The molecule has 5 nitrogen and oxygen atoms in total. The van der Waals surface area contributed by atoms with Gasteiger partial charge in [-0.1, -0.05) is 6.92 Å². The molecule has 0 saturated heterocycles. The van der Waals surface area contributed by atoms with Crippen LogP contribution >= 0.6 is 15.9 Å². The van der Waals surface area contributed by atoms with Crippen molar-refractivity contribution in [2.75, 3.05) is 6.61 Å². The molecule has 3 heterocycles. The molecule has 2 fully saturated rings. The summed E-state index contributed by atoms with van der Waals surface area (Å²) in [5.74, 6) is 3.75. The van der Waals surface area contributed by atoms with Gasteiger partial charge in [0, 0.05) is 24.4 Å². The highest BCUT2D eigenvalue weighted by Gasteiger charge is 2.44. The number of ether oxygens (including phenoxy) is 1.